The molecule has 0 saturated heterocycles. The van der Waals surface area contributed by atoms with Gasteiger partial charge in [0.05, 0.1) is 17.3 Å². The Morgan fingerprint density at radius 1 is 1.18 bits per heavy atom. The SMILES string of the molecule is Cc1nc(-c2ccccc2Cl)sc1CNC(=O)c1ccc(OC(F)(F)F)cc1. The van der Waals surface area contributed by atoms with Crippen LogP contribution in [0.5, 0.6) is 5.75 Å². The van der Waals surface area contributed by atoms with Crippen molar-refractivity contribution < 1.29 is 22.7 Å². The number of alkyl halides is 3. The standard InChI is InChI=1S/C19H14ClF3N2O2S/c1-11-16(28-18(25-11)14-4-2-3-5-15(14)20)10-24-17(26)12-6-8-13(9-7-12)27-19(21,22)23/h2-9H,10H2,1H3,(H,24,26). The van der Waals surface area contributed by atoms with Gasteiger partial charge in [-0.05, 0) is 37.3 Å². The molecule has 0 bridgehead atoms. The van der Waals surface area contributed by atoms with E-state index in [1.165, 1.54) is 23.5 Å². The summed E-state index contributed by atoms with van der Waals surface area (Å²) in [7, 11) is 0. The number of aryl methyl sites for hydroxylation is 1. The minimum atomic E-state index is -4.77. The van der Waals surface area contributed by atoms with Crippen molar-refractivity contribution in [1.82, 2.24) is 10.3 Å². The zero-order valence-corrected chi connectivity index (χ0v) is 16.1. The summed E-state index contributed by atoms with van der Waals surface area (Å²) in [4.78, 5) is 17.6. The topological polar surface area (TPSA) is 51.2 Å². The number of nitrogens with one attached hydrogen (secondary N) is 1. The van der Waals surface area contributed by atoms with Crippen molar-refractivity contribution in [2.24, 2.45) is 0 Å². The second-order valence-corrected chi connectivity index (χ2v) is 7.25. The molecule has 3 rings (SSSR count). The molecule has 0 spiro atoms. The van der Waals surface area contributed by atoms with Gasteiger partial charge in [0.25, 0.3) is 5.91 Å². The smallest absolute Gasteiger partial charge is 0.406 e. The van der Waals surface area contributed by atoms with Crippen molar-refractivity contribution in [3.63, 3.8) is 0 Å². The predicted octanol–water partition coefficient (Wildman–Crippen LogP) is 5.60. The van der Waals surface area contributed by atoms with E-state index in [9.17, 15) is 18.0 Å². The van der Waals surface area contributed by atoms with Gasteiger partial charge in [-0.2, -0.15) is 0 Å². The predicted molar refractivity (Wildman–Crippen MR) is 102 cm³/mol. The number of hydrogen-bond donors (Lipinski definition) is 1. The van der Waals surface area contributed by atoms with Gasteiger partial charge in [-0.3, -0.25) is 4.79 Å². The highest BCUT2D eigenvalue weighted by atomic mass is 35.5. The molecule has 2 aromatic carbocycles. The third-order valence-electron chi connectivity index (χ3n) is 3.76. The molecular formula is C19H14ClF3N2O2S. The maximum Gasteiger partial charge on any atom is 0.573 e. The summed E-state index contributed by atoms with van der Waals surface area (Å²) in [5, 5.41) is 4.08. The van der Waals surface area contributed by atoms with Crippen LogP contribution in [0.25, 0.3) is 10.6 Å². The largest absolute Gasteiger partial charge is 0.573 e. The zero-order valence-electron chi connectivity index (χ0n) is 14.5. The van der Waals surface area contributed by atoms with Gasteiger partial charge in [-0.1, -0.05) is 29.8 Å². The third-order valence-corrected chi connectivity index (χ3v) is 5.28. The Morgan fingerprint density at radius 2 is 1.86 bits per heavy atom. The van der Waals surface area contributed by atoms with Gasteiger partial charge in [0.2, 0.25) is 0 Å². The normalized spacial score (nSPS) is 11.3. The Hall–Kier alpha value is -2.58. The van der Waals surface area contributed by atoms with Crippen molar-refractivity contribution in [3.8, 4) is 16.3 Å². The average molecular weight is 427 g/mol. The van der Waals surface area contributed by atoms with Crippen LogP contribution in [0.1, 0.15) is 20.9 Å². The van der Waals surface area contributed by atoms with Crippen LogP contribution in [-0.2, 0) is 6.54 Å². The van der Waals surface area contributed by atoms with E-state index in [0.717, 1.165) is 33.3 Å². The maximum absolute atomic E-state index is 12.2. The first-order chi connectivity index (χ1) is 13.2. The summed E-state index contributed by atoms with van der Waals surface area (Å²) in [6.07, 6.45) is -4.77. The summed E-state index contributed by atoms with van der Waals surface area (Å²) in [6.45, 7) is 2.08. The van der Waals surface area contributed by atoms with Crippen LogP contribution < -0.4 is 10.1 Å². The minimum absolute atomic E-state index is 0.225. The van der Waals surface area contributed by atoms with Gasteiger partial charge >= 0.3 is 6.36 Å². The van der Waals surface area contributed by atoms with E-state index in [-0.39, 0.29) is 17.9 Å². The first kappa shape index (κ1) is 20.2. The van der Waals surface area contributed by atoms with Crippen molar-refractivity contribution >= 4 is 28.8 Å². The fourth-order valence-electron chi connectivity index (χ4n) is 2.41. The van der Waals surface area contributed by atoms with E-state index in [1.807, 2.05) is 25.1 Å². The van der Waals surface area contributed by atoms with Gasteiger partial charge < -0.3 is 10.1 Å². The molecule has 0 fully saturated rings. The molecule has 1 N–H and O–H groups in total. The van der Waals surface area contributed by atoms with Gasteiger partial charge in [0.1, 0.15) is 10.8 Å². The summed E-state index contributed by atoms with van der Waals surface area (Å²) in [6, 6.07) is 12.1. The van der Waals surface area contributed by atoms with Crippen LogP contribution in [0.3, 0.4) is 0 Å². The van der Waals surface area contributed by atoms with Crippen LogP contribution in [0.2, 0.25) is 5.02 Å². The van der Waals surface area contributed by atoms with Crippen molar-refractivity contribution in [1.29, 1.82) is 0 Å². The molecule has 146 valence electrons. The lowest BCUT2D eigenvalue weighted by molar-refractivity contribution is -0.274. The molecule has 1 amide bonds. The molecule has 0 aliphatic heterocycles. The van der Waals surface area contributed by atoms with Gasteiger partial charge in [-0.15, -0.1) is 24.5 Å². The van der Waals surface area contributed by atoms with E-state index >= 15 is 0 Å². The van der Waals surface area contributed by atoms with Crippen molar-refractivity contribution in [3.05, 3.63) is 69.7 Å². The highest BCUT2D eigenvalue weighted by Crippen LogP contribution is 2.32. The van der Waals surface area contributed by atoms with E-state index in [1.54, 1.807) is 6.07 Å². The molecule has 0 saturated carbocycles. The highest BCUT2D eigenvalue weighted by Gasteiger charge is 2.31. The molecular weight excluding hydrogens is 413 g/mol. The lowest BCUT2D eigenvalue weighted by atomic mass is 10.2. The zero-order chi connectivity index (χ0) is 20.3. The molecule has 0 radical (unpaired) electrons. The molecule has 1 aromatic heterocycles. The molecule has 28 heavy (non-hydrogen) atoms. The number of rotatable bonds is 5. The van der Waals surface area contributed by atoms with E-state index in [2.05, 4.69) is 15.0 Å². The monoisotopic (exact) mass is 426 g/mol. The maximum atomic E-state index is 12.2. The first-order valence-electron chi connectivity index (χ1n) is 8.08. The number of ether oxygens (including phenoxy) is 1. The summed E-state index contributed by atoms with van der Waals surface area (Å²) in [5.41, 5.74) is 1.81. The van der Waals surface area contributed by atoms with Crippen molar-refractivity contribution in [2.75, 3.05) is 0 Å². The molecule has 0 aliphatic rings. The molecule has 4 nitrogen and oxygen atoms in total. The lowest BCUT2D eigenvalue weighted by Gasteiger charge is -2.09. The lowest BCUT2D eigenvalue weighted by Crippen LogP contribution is -2.22. The number of benzene rings is 2. The van der Waals surface area contributed by atoms with E-state index < -0.39 is 12.3 Å². The second-order valence-electron chi connectivity index (χ2n) is 5.76. The molecule has 1 heterocycles. The number of nitrogens with zero attached hydrogens (tertiary/aromatic N) is 1. The fraction of sp³-hybridized carbons (Fsp3) is 0.158. The van der Waals surface area contributed by atoms with Gasteiger partial charge in [0.15, 0.2) is 0 Å². The Bertz CT molecular complexity index is 988. The average Bonchev–Trinajstić information content (AvgIpc) is 3.00. The van der Waals surface area contributed by atoms with Gasteiger partial charge in [-0.25, -0.2) is 4.98 Å². The van der Waals surface area contributed by atoms with Crippen LogP contribution in [-0.4, -0.2) is 17.3 Å². The highest BCUT2D eigenvalue weighted by molar-refractivity contribution is 7.15. The van der Waals surface area contributed by atoms with E-state index in [4.69, 9.17) is 11.6 Å². The molecule has 9 heteroatoms. The number of carbonyl (C=O) groups is 1. The van der Waals surface area contributed by atoms with Crippen LogP contribution in [0.15, 0.2) is 48.5 Å². The third kappa shape index (κ3) is 5.02. The first-order valence-corrected chi connectivity index (χ1v) is 9.27. The summed E-state index contributed by atoms with van der Waals surface area (Å²) >= 11 is 7.61. The quantitative estimate of drug-likeness (QED) is 0.577. The fourth-order valence-corrected chi connectivity index (χ4v) is 3.74. The van der Waals surface area contributed by atoms with E-state index in [0.29, 0.717) is 5.02 Å². The van der Waals surface area contributed by atoms with Gasteiger partial charge in [0, 0.05) is 16.0 Å². The Morgan fingerprint density at radius 3 is 2.50 bits per heavy atom. The second kappa shape index (κ2) is 8.20. The molecule has 0 aliphatic carbocycles. The van der Waals surface area contributed by atoms with Crippen LogP contribution in [0, 0.1) is 6.92 Å². The Kier molecular flexibility index (Phi) is 5.90. The number of halogens is 4. The number of amides is 1. The minimum Gasteiger partial charge on any atom is -0.406 e. The number of carbonyl (C=O) groups excluding carboxylic acids is 1. The Balaban J connectivity index is 1.66. The molecule has 3 aromatic rings. The number of thiazole rings is 1. The van der Waals surface area contributed by atoms with Crippen molar-refractivity contribution in [2.45, 2.75) is 19.8 Å². The van der Waals surface area contributed by atoms with Crippen LogP contribution >= 0.6 is 22.9 Å². The number of hydrogen-bond acceptors (Lipinski definition) is 4. The summed E-state index contributed by atoms with van der Waals surface area (Å²) in [5.74, 6) is -0.794. The molecule has 0 unspecified atom stereocenters. The van der Waals surface area contributed by atoms with Crippen LogP contribution in [0.4, 0.5) is 13.2 Å². The number of aromatic nitrogens is 1. The Labute approximate surface area is 167 Å². The molecule has 0 atom stereocenters. The summed E-state index contributed by atoms with van der Waals surface area (Å²) < 4.78 is 40.3.